The van der Waals surface area contributed by atoms with Crippen LogP contribution >= 0.6 is 7.82 Å². The molecule has 0 fully saturated rings. The fourth-order valence-electron chi connectivity index (χ4n) is 0.401. The standard InChI is InChI=1S/C6H11O6P/c1-3-5(7)11-13(9,10)12-6(8)4-2/h3,6,8H,1,4H2,2H3,(H,9,10). The number of carbonyl (C=O) groups excluding carboxylic acids is 1. The lowest BCUT2D eigenvalue weighted by molar-refractivity contribution is -0.132. The van der Waals surface area contributed by atoms with E-state index in [2.05, 4.69) is 15.6 Å². The van der Waals surface area contributed by atoms with Gasteiger partial charge in [-0.1, -0.05) is 13.5 Å². The summed E-state index contributed by atoms with van der Waals surface area (Å²) in [5.74, 6) is -1.09. The molecule has 0 aromatic heterocycles. The maximum atomic E-state index is 10.8. The lowest BCUT2D eigenvalue weighted by Crippen LogP contribution is -2.11. The van der Waals surface area contributed by atoms with Crippen LogP contribution in [0, 0.1) is 0 Å². The second-order valence-corrected chi connectivity index (χ2v) is 3.38. The molecule has 7 heteroatoms. The van der Waals surface area contributed by atoms with Crippen LogP contribution in [-0.4, -0.2) is 22.3 Å². The molecule has 0 aromatic rings. The quantitative estimate of drug-likeness (QED) is 0.391. The molecule has 2 N–H and O–H groups in total. The molecule has 2 atom stereocenters. The number of rotatable bonds is 5. The highest BCUT2D eigenvalue weighted by Crippen LogP contribution is 2.44. The molecular formula is C6H11O6P. The van der Waals surface area contributed by atoms with Gasteiger partial charge in [0.05, 0.1) is 0 Å². The van der Waals surface area contributed by atoms with Crippen LogP contribution in [0.4, 0.5) is 0 Å². The molecule has 13 heavy (non-hydrogen) atoms. The minimum Gasteiger partial charge on any atom is -0.367 e. The van der Waals surface area contributed by atoms with Crippen molar-refractivity contribution in [2.45, 2.75) is 19.6 Å². The molecule has 0 bridgehead atoms. The van der Waals surface area contributed by atoms with E-state index in [9.17, 15) is 9.36 Å². The van der Waals surface area contributed by atoms with Crippen LogP contribution in [0.1, 0.15) is 13.3 Å². The van der Waals surface area contributed by atoms with Crippen molar-refractivity contribution in [3.63, 3.8) is 0 Å². The molecule has 0 aromatic carbocycles. The average molecular weight is 210 g/mol. The minimum atomic E-state index is -4.51. The Morgan fingerprint density at radius 2 is 2.31 bits per heavy atom. The Kier molecular flexibility index (Phi) is 4.87. The summed E-state index contributed by atoms with van der Waals surface area (Å²) in [6.07, 6.45) is -0.616. The molecular weight excluding hydrogens is 199 g/mol. The number of phosphoric acid groups is 1. The summed E-state index contributed by atoms with van der Waals surface area (Å²) in [6.45, 7) is 4.55. The zero-order valence-corrected chi connectivity index (χ0v) is 7.94. The zero-order valence-electron chi connectivity index (χ0n) is 7.04. The van der Waals surface area contributed by atoms with Crippen molar-refractivity contribution in [3.8, 4) is 0 Å². The zero-order chi connectivity index (χ0) is 10.5. The van der Waals surface area contributed by atoms with Gasteiger partial charge >= 0.3 is 13.8 Å². The molecule has 0 heterocycles. The molecule has 0 radical (unpaired) electrons. The third-order valence-electron chi connectivity index (χ3n) is 0.976. The van der Waals surface area contributed by atoms with Crippen molar-refractivity contribution in [1.29, 1.82) is 0 Å². The van der Waals surface area contributed by atoms with E-state index >= 15 is 0 Å². The van der Waals surface area contributed by atoms with Gasteiger partial charge in [0.1, 0.15) is 0 Å². The lowest BCUT2D eigenvalue weighted by Gasteiger charge is -2.13. The molecule has 0 saturated carbocycles. The fourth-order valence-corrected chi connectivity index (χ4v) is 1.20. The molecule has 2 unspecified atom stereocenters. The summed E-state index contributed by atoms with van der Waals surface area (Å²) >= 11 is 0. The number of phosphoric ester groups is 1. The summed E-state index contributed by atoms with van der Waals surface area (Å²) in [6, 6.07) is 0. The first-order valence-electron chi connectivity index (χ1n) is 3.46. The predicted octanol–water partition coefficient (Wildman–Crippen LogP) is 0.561. The highest BCUT2D eigenvalue weighted by Gasteiger charge is 2.27. The van der Waals surface area contributed by atoms with Crippen molar-refractivity contribution in [1.82, 2.24) is 0 Å². The molecule has 0 spiro atoms. The summed E-state index contributed by atoms with van der Waals surface area (Å²) in [5, 5.41) is 8.81. The lowest BCUT2D eigenvalue weighted by atomic mass is 10.5. The van der Waals surface area contributed by atoms with E-state index in [1.54, 1.807) is 0 Å². The Morgan fingerprint density at radius 3 is 2.69 bits per heavy atom. The Morgan fingerprint density at radius 1 is 1.77 bits per heavy atom. The van der Waals surface area contributed by atoms with Crippen LogP contribution in [0.3, 0.4) is 0 Å². The first-order chi connectivity index (χ1) is 5.91. The maximum Gasteiger partial charge on any atom is 0.532 e. The van der Waals surface area contributed by atoms with Crippen molar-refractivity contribution in [2.75, 3.05) is 0 Å². The van der Waals surface area contributed by atoms with Crippen molar-refractivity contribution in [2.24, 2.45) is 0 Å². The number of aliphatic hydroxyl groups is 1. The van der Waals surface area contributed by atoms with Crippen LogP contribution in [0.2, 0.25) is 0 Å². The first-order valence-corrected chi connectivity index (χ1v) is 4.96. The van der Waals surface area contributed by atoms with Gasteiger partial charge in [-0.2, -0.15) is 0 Å². The van der Waals surface area contributed by atoms with Crippen LogP contribution in [0.15, 0.2) is 12.7 Å². The second kappa shape index (κ2) is 5.14. The Labute approximate surface area is 75.4 Å². The summed E-state index contributed by atoms with van der Waals surface area (Å²) in [4.78, 5) is 19.3. The molecule has 0 aliphatic carbocycles. The summed E-state index contributed by atoms with van der Waals surface area (Å²) in [7, 11) is -4.51. The average Bonchev–Trinajstić information content (AvgIpc) is 2.02. The van der Waals surface area contributed by atoms with Crippen LogP contribution in [0.25, 0.3) is 0 Å². The van der Waals surface area contributed by atoms with Crippen molar-refractivity contribution in [3.05, 3.63) is 12.7 Å². The van der Waals surface area contributed by atoms with E-state index < -0.39 is 20.1 Å². The molecule has 6 nitrogen and oxygen atoms in total. The normalized spacial score (nSPS) is 17.2. The largest absolute Gasteiger partial charge is 0.532 e. The Balaban J connectivity index is 4.16. The van der Waals surface area contributed by atoms with Gasteiger partial charge in [0, 0.05) is 6.08 Å². The van der Waals surface area contributed by atoms with Gasteiger partial charge < -0.3 is 9.63 Å². The third kappa shape index (κ3) is 5.54. The summed E-state index contributed by atoms with van der Waals surface area (Å²) < 4.78 is 18.9. The van der Waals surface area contributed by atoms with Crippen LogP contribution in [0.5, 0.6) is 0 Å². The van der Waals surface area contributed by atoms with Crippen LogP contribution < -0.4 is 0 Å². The Bertz CT molecular complexity index is 237. The molecule has 76 valence electrons. The number of hydrogen-bond donors (Lipinski definition) is 2. The topological polar surface area (TPSA) is 93.1 Å². The van der Waals surface area contributed by atoms with E-state index in [0.29, 0.717) is 6.08 Å². The predicted molar refractivity (Wildman–Crippen MR) is 43.5 cm³/mol. The first kappa shape index (κ1) is 12.3. The van der Waals surface area contributed by atoms with Gasteiger partial charge in [0.15, 0.2) is 6.29 Å². The van der Waals surface area contributed by atoms with Crippen molar-refractivity contribution < 1.29 is 28.4 Å². The van der Waals surface area contributed by atoms with E-state index in [0.717, 1.165) is 0 Å². The molecule has 0 aliphatic rings. The van der Waals surface area contributed by atoms with E-state index in [1.807, 2.05) is 0 Å². The van der Waals surface area contributed by atoms with E-state index in [1.165, 1.54) is 6.92 Å². The third-order valence-corrected chi connectivity index (χ3v) is 1.90. The molecule has 0 saturated heterocycles. The number of aliphatic hydroxyl groups excluding tert-OH is 1. The molecule has 0 rings (SSSR count). The van der Waals surface area contributed by atoms with Gasteiger partial charge in [-0.05, 0) is 6.42 Å². The SMILES string of the molecule is C=CC(=O)OP(=O)(O)OC(O)CC. The maximum absolute atomic E-state index is 10.8. The van der Waals surface area contributed by atoms with Gasteiger partial charge in [-0.15, -0.1) is 0 Å². The summed E-state index contributed by atoms with van der Waals surface area (Å²) in [5.41, 5.74) is 0. The van der Waals surface area contributed by atoms with Gasteiger partial charge in [0.25, 0.3) is 0 Å². The minimum absolute atomic E-state index is 0.107. The van der Waals surface area contributed by atoms with E-state index in [-0.39, 0.29) is 6.42 Å². The van der Waals surface area contributed by atoms with Gasteiger partial charge in [0.2, 0.25) is 0 Å². The Hall–Kier alpha value is -0.680. The van der Waals surface area contributed by atoms with E-state index in [4.69, 9.17) is 10.00 Å². The van der Waals surface area contributed by atoms with Gasteiger partial charge in [-0.25, -0.2) is 13.9 Å². The smallest absolute Gasteiger partial charge is 0.367 e. The highest BCUT2D eigenvalue weighted by molar-refractivity contribution is 7.48. The second-order valence-electron chi connectivity index (χ2n) is 2.05. The van der Waals surface area contributed by atoms with Crippen LogP contribution in [-0.2, 0) is 18.4 Å². The van der Waals surface area contributed by atoms with Gasteiger partial charge in [-0.3, -0.25) is 4.89 Å². The monoisotopic (exact) mass is 210 g/mol. The fraction of sp³-hybridized carbons (Fsp3) is 0.500. The molecule has 0 amide bonds. The van der Waals surface area contributed by atoms with Crippen molar-refractivity contribution >= 4 is 13.8 Å². The number of carbonyl (C=O) groups is 1. The number of hydrogen-bond acceptors (Lipinski definition) is 5. The highest BCUT2D eigenvalue weighted by atomic mass is 31.2. The molecule has 0 aliphatic heterocycles.